The lowest BCUT2D eigenvalue weighted by molar-refractivity contribution is 0.247. The van der Waals surface area contributed by atoms with Crippen molar-refractivity contribution in [3.8, 4) is 0 Å². The summed E-state index contributed by atoms with van der Waals surface area (Å²) in [5.74, 6) is 1.04. The minimum Gasteiger partial charge on any atom is -0.310 e. The number of nitrogens with one attached hydrogen (secondary N) is 1. The van der Waals surface area contributed by atoms with Gasteiger partial charge in [0.15, 0.2) is 0 Å². The maximum atomic E-state index is 4.00. The average molecular weight is 269 g/mol. The molecule has 2 aliphatic carbocycles. The summed E-state index contributed by atoms with van der Waals surface area (Å²) in [5, 5.41) is 4.88. The molecular weight excluding hydrogens is 238 g/mol. The van der Waals surface area contributed by atoms with Crippen LogP contribution in [0.1, 0.15) is 71.1 Å². The van der Waals surface area contributed by atoms with Crippen LogP contribution in [0.4, 0.5) is 0 Å². The summed E-state index contributed by atoms with van der Waals surface area (Å²) in [6.07, 6.45) is 16.7. The molecule has 2 fully saturated rings. The number of thioether (sulfide) groups is 1. The Morgan fingerprint density at radius 2 is 1.72 bits per heavy atom. The second kappa shape index (κ2) is 7.79. The van der Waals surface area contributed by atoms with Gasteiger partial charge >= 0.3 is 0 Å². The van der Waals surface area contributed by atoms with E-state index in [1.807, 2.05) is 0 Å². The van der Waals surface area contributed by atoms with E-state index in [1.54, 1.807) is 0 Å². The van der Waals surface area contributed by atoms with Crippen LogP contribution in [0.25, 0.3) is 0 Å². The highest BCUT2D eigenvalue weighted by atomic mass is 32.2. The molecule has 0 bridgehead atoms. The van der Waals surface area contributed by atoms with Gasteiger partial charge in [0.05, 0.1) is 0 Å². The van der Waals surface area contributed by atoms with Gasteiger partial charge in [-0.05, 0) is 50.7 Å². The van der Waals surface area contributed by atoms with Crippen LogP contribution < -0.4 is 5.32 Å². The lowest BCUT2D eigenvalue weighted by Crippen LogP contribution is -2.47. The predicted octanol–water partition coefficient (Wildman–Crippen LogP) is 4.61. The molecule has 0 aromatic rings. The molecule has 1 N–H and O–H groups in total. The molecule has 0 aliphatic heterocycles. The highest BCUT2D eigenvalue weighted by molar-refractivity contribution is 7.99. The van der Waals surface area contributed by atoms with Gasteiger partial charge in [-0.3, -0.25) is 0 Å². The first-order valence-electron chi connectivity index (χ1n) is 8.12. The van der Waals surface area contributed by atoms with E-state index in [0.29, 0.717) is 0 Å². The molecule has 0 spiro atoms. The molecule has 18 heavy (non-hydrogen) atoms. The van der Waals surface area contributed by atoms with Gasteiger partial charge in [-0.2, -0.15) is 11.8 Å². The van der Waals surface area contributed by atoms with E-state index in [2.05, 4.69) is 30.3 Å². The van der Waals surface area contributed by atoms with Crippen LogP contribution >= 0.6 is 11.8 Å². The minimum absolute atomic E-state index is 0.807. The number of hydrogen-bond acceptors (Lipinski definition) is 2. The molecule has 0 amide bonds. The number of rotatable bonds is 5. The Balaban J connectivity index is 1.73. The van der Waals surface area contributed by atoms with Crippen molar-refractivity contribution in [2.75, 3.05) is 6.26 Å². The van der Waals surface area contributed by atoms with Crippen LogP contribution in [0.3, 0.4) is 0 Å². The van der Waals surface area contributed by atoms with Crippen molar-refractivity contribution in [1.29, 1.82) is 0 Å². The normalized spacial score (nSPS) is 37.7. The fourth-order valence-corrected chi connectivity index (χ4v) is 4.84. The van der Waals surface area contributed by atoms with Crippen molar-refractivity contribution in [2.45, 2.75) is 88.5 Å². The number of hydrogen-bond donors (Lipinski definition) is 1. The van der Waals surface area contributed by atoms with Crippen molar-refractivity contribution >= 4 is 11.8 Å². The molecule has 0 aromatic heterocycles. The highest BCUT2D eigenvalue weighted by Crippen LogP contribution is 2.31. The van der Waals surface area contributed by atoms with E-state index >= 15 is 0 Å². The Bertz CT molecular complexity index is 223. The zero-order valence-electron chi connectivity index (χ0n) is 12.3. The third kappa shape index (κ3) is 4.16. The quantitative estimate of drug-likeness (QED) is 0.782. The van der Waals surface area contributed by atoms with Crippen molar-refractivity contribution in [3.05, 3.63) is 0 Å². The summed E-state index contributed by atoms with van der Waals surface area (Å²) >= 11 is 2.09. The topological polar surface area (TPSA) is 12.0 Å². The molecule has 1 nitrogen and oxygen atoms in total. The largest absolute Gasteiger partial charge is 0.310 e. The molecule has 2 aliphatic rings. The van der Waals surface area contributed by atoms with E-state index in [1.165, 1.54) is 64.2 Å². The maximum Gasteiger partial charge on any atom is 0.0198 e. The lowest BCUT2D eigenvalue weighted by Gasteiger charge is -2.37. The van der Waals surface area contributed by atoms with Crippen LogP contribution in [0, 0.1) is 5.92 Å². The van der Waals surface area contributed by atoms with Crippen LogP contribution in [-0.2, 0) is 0 Å². The maximum absolute atomic E-state index is 4.00. The Hall–Kier alpha value is 0.310. The van der Waals surface area contributed by atoms with E-state index in [4.69, 9.17) is 0 Å². The third-order valence-electron chi connectivity index (χ3n) is 5.00. The Kier molecular flexibility index (Phi) is 6.37. The van der Waals surface area contributed by atoms with Crippen molar-refractivity contribution in [3.63, 3.8) is 0 Å². The van der Waals surface area contributed by atoms with E-state index in [-0.39, 0.29) is 0 Å². The lowest BCUT2D eigenvalue weighted by atomic mass is 9.82. The molecule has 2 saturated carbocycles. The van der Waals surface area contributed by atoms with E-state index in [0.717, 1.165) is 23.3 Å². The molecule has 106 valence electrons. The summed E-state index contributed by atoms with van der Waals surface area (Å²) in [4.78, 5) is 0. The second-order valence-corrected chi connectivity index (χ2v) is 7.41. The Labute approximate surface area is 118 Å². The molecule has 2 atom stereocenters. The molecule has 0 heterocycles. The van der Waals surface area contributed by atoms with Gasteiger partial charge in [0.25, 0.3) is 0 Å². The predicted molar refractivity (Wildman–Crippen MR) is 83.3 cm³/mol. The first-order chi connectivity index (χ1) is 8.83. The fraction of sp³-hybridized carbons (Fsp3) is 1.00. The Morgan fingerprint density at radius 3 is 2.39 bits per heavy atom. The fourth-order valence-electron chi connectivity index (χ4n) is 3.90. The van der Waals surface area contributed by atoms with Crippen LogP contribution in [-0.4, -0.2) is 23.6 Å². The summed E-state index contributed by atoms with van der Waals surface area (Å²) in [6.45, 7) is 2.33. The van der Waals surface area contributed by atoms with Crippen LogP contribution in [0.15, 0.2) is 0 Å². The highest BCUT2D eigenvalue weighted by Gasteiger charge is 2.28. The monoisotopic (exact) mass is 269 g/mol. The Morgan fingerprint density at radius 1 is 1.00 bits per heavy atom. The molecule has 2 heteroatoms. The minimum atomic E-state index is 0.807. The second-order valence-electron chi connectivity index (χ2n) is 6.34. The first-order valence-corrected chi connectivity index (χ1v) is 9.41. The summed E-state index contributed by atoms with van der Waals surface area (Å²) in [7, 11) is 0. The summed E-state index contributed by atoms with van der Waals surface area (Å²) < 4.78 is 0. The van der Waals surface area contributed by atoms with Crippen LogP contribution in [0.5, 0.6) is 0 Å². The molecule has 2 rings (SSSR count). The van der Waals surface area contributed by atoms with Gasteiger partial charge in [-0.15, -0.1) is 0 Å². The van der Waals surface area contributed by atoms with Gasteiger partial charge in [-0.1, -0.05) is 32.6 Å². The molecular formula is C16H31NS. The van der Waals surface area contributed by atoms with Gasteiger partial charge in [0.1, 0.15) is 0 Å². The van der Waals surface area contributed by atoms with Gasteiger partial charge in [-0.25, -0.2) is 0 Å². The van der Waals surface area contributed by atoms with Gasteiger partial charge < -0.3 is 5.32 Å². The van der Waals surface area contributed by atoms with Gasteiger partial charge in [0, 0.05) is 17.3 Å². The van der Waals surface area contributed by atoms with Crippen molar-refractivity contribution in [1.82, 2.24) is 5.32 Å². The smallest absolute Gasteiger partial charge is 0.0198 e. The first kappa shape index (κ1) is 14.7. The SMILES string of the molecule is CCCC1CCC(NC2CCCCC2SC)CC1. The standard InChI is InChI=1S/C16H31NS/c1-3-6-13-9-11-14(12-10-13)17-15-7-4-5-8-16(15)18-2/h13-17H,3-12H2,1-2H3. The molecule has 2 unspecified atom stereocenters. The van der Waals surface area contributed by atoms with E-state index in [9.17, 15) is 0 Å². The van der Waals surface area contributed by atoms with E-state index < -0.39 is 0 Å². The average Bonchev–Trinajstić information content (AvgIpc) is 2.42. The molecule has 0 aromatic carbocycles. The zero-order chi connectivity index (χ0) is 12.8. The van der Waals surface area contributed by atoms with Crippen molar-refractivity contribution < 1.29 is 0 Å². The third-order valence-corrected chi connectivity index (χ3v) is 6.17. The van der Waals surface area contributed by atoms with Crippen molar-refractivity contribution in [2.24, 2.45) is 5.92 Å². The van der Waals surface area contributed by atoms with Gasteiger partial charge in [0.2, 0.25) is 0 Å². The molecule has 0 saturated heterocycles. The summed E-state index contributed by atoms with van der Waals surface area (Å²) in [6, 6.07) is 1.64. The zero-order valence-corrected chi connectivity index (χ0v) is 13.1. The van der Waals surface area contributed by atoms with Crippen LogP contribution in [0.2, 0.25) is 0 Å². The molecule has 0 radical (unpaired) electrons. The summed E-state index contributed by atoms with van der Waals surface area (Å²) in [5.41, 5.74) is 0.